The average Bonchev–Trinajstić information content (AvgIpc) is 2.17. The highest BCUT2D eigenvalue weighted by Gasteiger charge is 1.91. The minimum absolute atomic E-state index is 0.132. The number of aromatic nitrogens is 2. The van der Waals surface area contributed by atoms with Gasteiger partial charge in [0.25, 0.3) is 0 Å². The molecule has 0 fully saturated rings. The molecule has 0 aliphatic carbocycles. The molecule has 0 spiro atoms. The van der Waals surface area contributed by atoms with Crippen molar-refractivity contribution >= 4 is 16.9 Å². The zero-order valence-corrected chi connectivity index (χ0v) is 9.60. The van der Waals surface area contributed by atoms with Crippen LogP contribution in [0.25, 0.3) is 0 Å². The molecule has 0 aliphatic rings. The van der Waals surface area contributed by atoms with Crippen molar-refractivity contribution in [2.45, 2.75) is 20.3 Å². The topological polar surface area (TPSA) is 42.9 Å². The maximum absolute atomic E-state index is 10.6. The minimum atomic E-state index is 0.132. The normalized spacial score (nSPS) is 9.20. The van der Waals surface area contributed by atoms with Crippen molar-refractivity contribution in [3.8, 4) is 11.8 Å². The van der Waals surface area contributed by atoms with Crippen LogP contribution in [0.5, 0.6) is 0 Å². The van der Waals surface area contributed by atoms with Gasteiger partial charge in [0.15, 0.2) is 5.12 Å². The summed E-state index contributed by atoms with van der Waals surface area (Å²) in [7, 11) is 0. The van der Waals surface area contributed by atoms with Crippen molar-refractivity contribution in [3.63, 3.8) is 0 Å². The van der Waals surface area contributed by atoms with Crippen molar-refractivity contribution in [2.75, 3.05) is 5.75 Å². The zero-order chi connectivity index (χ0) is 11.1. The van der Waals surface area contributed by atoms with Gasteiger partial charge in [0.2, 0.25) is 0 Å². The Morgan fingerprint density at radius 1 is 1.53 bits per heavy atom. The van der Waals surface area contributed by atoms with Crippen LogP contribution in [-0.4, -0.2) is 20.8 Å². The van der Waals surface area contributed by atoms with Crippen LogP contribution in [0, 0.1) is 18.8 Å². The Kier molecular flexibility index (Phi) is 4.85. The standard InChI is InChI=1S/C11H12N2OS/c1-9-7-12-8-11(13-9)5-3-4-6-15-10(2)14/h7-8H,4,6H2,1-2H3. The predicted molar refractivity (Wildman–Crippen MR) is 61.4 cm³/mol. The molecule has 0 saturated carbocycles. The third-order valence-electron chi connectivity index (χ3n) is 1.50. The first-order valence-corrected chi connectivity index (χ1v) is 5.58. The highest BCUT2D eigenvalue weighted by molar-refractivity contribution is 8.13. The average molecular weight is 220 g/mol. The Labute approximate surface area is 93.7 Å². The molecule has 0 bridgehead atoms. The predicted octanol–water partition coefficient (Wildman–Crippen LogP) is 1.81. The smallest absolute Gasteiger partial charge is 0.185 e. The van der Waals surface area contributed by atoms with E-state index in [-0.39, 0.29) is 5.12 Å². The highest BCUT2D eigenvalue weighted by atomic mass is 32.2. The lowest BCUT2D eigenvalue weighted by Crippen LogP contribution is -1.88. The summed E-state index contributed by atoms with van der Waals surface area (Å²) in [6, 6.07) is 0. The van der Waals surface area contributed by atoms with E-state index in [9.17, 15) is 4.79 Å². The lowest BCUT2D eigenvalue weighted by Gasteiger charge is -1.91. The summed E-state index contributed by atoms with van der Waals surface area (Å²) in [6.07, 6.45) is 4.02. The molecule has 0 unspecified atom stereocenters. The van der Waals surface area contributed by atoms with Gasteiger partial charge in [-0.3, -0.25) is 9.78 Å². The van der Waals surface area contributed by atoms with E-state index in [1.54, 1.807) is 19.3 Å². The summed E-state index contributed by atoms with van der Waals surface area (Å²) in [5.74, 6) is 6.61. The molecular formula is C11H12N2OS. The molecule has 1 aromatic heterocycles. The second-order valence-electron chi connectivity index (χ2n) is 2.94. The van der Waals surface area contributed by atoms with E-state index in [0.29, 0.717) is 12.1 Å². The Morgan fingerprint density at radius 3 is 3.00 bits per heavy atom. The van der Waals surface area contributed by atoms with Gasteiger partial charge in [-0.25, -0.2) is 4.98 Å². The van der Waals surface area contributed by atoms with Crippen LogP contribution in [0.2, 0.25) is 0 Å². The van der Waals surface area contributed by atoms with Crippen LogP contribution in [-0.2, 0) is 4.79 Å². The molecule has 0 radical (unpaired) electrons. The maximum Gasteiger partial charge on any atom is 0.185 e. The van der Waals surface area contributed by atoms with Crippen molar-refractivity contribution in [1.29, 1.82) is 0 Å². The van der Waals surface area contributed by atoms with E-state index in [4.69, 9.17) is 0 Å². The third-order valence-corrected chi connectivity index (χ3v) is 2.32. The van der Waals surface area contributed by atoms with E-state index >= 15 is 0 Å². The molecule has 4 heteroatoms. The number of aryl methyl sites for hydroxylation is 1. The van der Waals surface area contributed by atoms with Crippen LogP contribution >= 0.6 is 11.8 Å². The van der Waals surface area contributed by atoms with Gasteiger partial charge in [-0.2, -0.15) is 0 Å². The zero-order valence-electron chi connectivity index (χ0n) is 8.78. The molecule has 78 valence electrons. The Bertz CT molecular complexity index is 407. The van der Waals surface area contributed by atoms with Gasteiger partial charge in [0, 0.05) is 25.3 Å². The Hall–Kier alpha value is -1.34. The summed E-state index contributed by atoms with van der Waals surface area (Å²) in [5, 5.41) is 0.132. The molecule has 1 aromatic rings. The summed E-state index contributed by atoms with van der Waals surface area (Å²) in [5.41, 5.74) is 1.54. The Balaban J connectivity index is 2.41. The minimum Gasteiger partial charge on any atom is -0.288 e. The van der Waals surface area contributed by atoms with Crippen LogP contribution < -0.4 is 0 Å². The monoisotopic (exact) mass is 220 g/mol. The second kappa shape index (κ2) is 6.20. The van der Waals surface area contributed by atoms with Gasteiger partial charge in [-0.1, -0.05) is 17.7 Å². The molecule has 3 nitrogen and oxygen atoms in total. The molecule has 1 heterocycles. The van der Waals surface area contributed by atoms with E-state index in [2.05, 4.69) is 21.8 Å². The molecule has 0 aromatic carbocycles. The largest absolute Gasteiger partial charge is 0.288 e. The molecule has 0 atom stereocenters. The number of hydrogen-bond donors (Lipinski definition) is 0. The lowest BCUT2D eigenvalue weighted by atomic mass is 10.4. The highest BCUT2D eigenvalue weighted by Crippen LogP contribution is 2.02. The van der Waals surface area contributed by atoms with Crippen LogP contribution in [0.1, 0.15) is 24.7 Å². The second-order valence-corrected chi connectivity index (χ2v) is 4.21. The van der Waals surface area contributed by atoms with E-state index in [1.807, 2.05) is 6.92 Å². The van der Waals surface area contributed by atoms with Crippen molar-refractivity contribution < 1.29 is 4.79 Å². The van der Waals surface area contributed by atoms with E-state index < -0.39 is 0 Å². The van der Waals surface area contributed by atoms with Gasteiger partial charge in [-0.05, 0) is 12.8 Å². The van der Waals surface area contributed by atoms with Crippen LogP contribution in [0.3, 0.4) is 0 Å². The van der Waals surface area contributed by atoms with Crippen LogP contribution in [0.15, 0.2) is 12.4 Å². The van der Waals surface area contributed by atoms with Gasteiger partial charge in [0.1, 0.15) is 5.69 Å². The van der Waals surface area contributed by atoms with Gasteiger partial charge in [0.05, 0.1) is 11.9 Å². The SMILES string of the molecule is CC(=O)SCCC#Cc1cncc(C)n1. The molecular weight excluding hydrogens is 208 g/mol. The first kappa shape index (κ1) is 11.7. The van der Waals surface area contributed by atoms with E-state index in [0.717, 1.165) is 11.4 Å². The lowest BCUT2D eigenvalue weighted by molar-refractivity contribution is -0.109. The summed E-state index contributed by atoms with van der Waals surface area (Å²) in [6.45, 7) is 3.44. The molecule has 0 saturated heterocycles. The van der Waals surface area contributed by atoms with Crippen molar-refractivity contribution in [3.05, 3.63) is 23.8 Å². The number of carbonyl (C=O) groups excluding carboxylic acids is 1. The van der Waals surface area contributed by atoms with Crippen LogP contribution in [0.4, 0.5) is 0 Å². The molecule has 15 heavy (non-hydrogen) atoms. The molecule has 1 rings (SSSR count). The fourth-order valence-corrected chi connectivity index (χ4v) is 1.41. The number of rotatable bonds is 2. The first-order chi connectivity index (χ1) is 7.18. The maximum atomic E-state index is 10.6. The van der Waals surface area contributed by atoms with Crippen molar-refractivity contribution in [1.82, 2.24) is 9.97 Å². The number of nitrogens with zero attached hydrogens (tertiary/aromatic N) is 2. The molecule has 0 aliphatic heterocycles. The quantitative estimate of drug-likeness (QED) is 0.563. The Morgan fingerprint density at radius 2 is 2.33 bits per heavy atom. The van der Waals surface area contributed by atoms with E-state index in [1.165, 1.54) is 11.8 Å². The number of thioether (sulfide) groups is 1. The van der Waals surface area contributed by atoms with Crippen molar-refractivity contribution in [2.24, 2.45) is 0 Å². The number of carbonyl (C=O) groups is 1. The fourth-order valence-electron chi connectivity index (χ4n) is 0.923. The third kappa shape index (κ3) is 5.18. The fraction of sp³-hybridized carbons (Fsp3) is 0.364. The number of hydrogen-bond acceptors (Lipinski definition) is 4. The first-order valence-electron chi connectivity index (χ1n) is 4.59. The summed E-state index contributed by atoms with van der Waals surface area (Å²) >= 11 is 1.29. The van der Waals surface area contributed by atoms with Gasteiger partial charge >= 0.3 is 0 Å². The summed E-state index contributed by atoms with van der Waals surface area (Å²) in [4.78, 5) is 18.8. The summed E-state index contributed by atoms with van der Waals surface area (Å²) < 4.78 is 0. The van der Waals surface area contributed by atoms with Gasteiger partial charge < -0.3 is 0 Å². The molecule has 0 amide bonds. The van der Waals surface area contributed by atoms with Gasteiger partial charge in [-0.15, -0.1) is 0 Å². The molecule has 0 N–H and O–H groups in total.